The molecule has 0 radical (unpaired) electrons. The molecule has 0 aliphatic heterocycles. The van der Waals surface area contributed by atoms with Crippen LogP contribution in [0.1, 0.15) is 44.9 Å². The lowest BCUT2D eigenvalue weighted by atomic mass is 10.0. The Hall–Kier alpha value is -1.38. The molecular weight excluding hydrogens is 204 g/mol. The van der Waals surface area contributed by atoms with Gasteiger partial charge in [-0.25, -0.2) is 4.79 Å². The van der Waals surface area contributed by atoms with E-state index < -0.39 is 0 Å². The Balaban J connectivity index is 0.000000165. The van der Waals surface area contributed by atoms with E-state index in [9.17, 15) is 9.59 Å². The minimum absolute atomic E-state index is 0.303. The summed E-state index contributed by atoms with van der Waals surface area (Å²) in [5.41, 5.74) is -0.303. The lowest BCUT2D eigenvalue weighted by Crippen LogP contribution is -2.00. The van der Waals surface area contributed by atoms with Gasteiger partial charge in [-0.05, 0) is 18.9 Å². The maximum Gasteiger partial charge on any atom is 0.335 e. The van der Waals surface area contributed by atoms with Gasteiger partial charge in [-0.1, -0.05) is 25.3 Å². The Morgan fingerprint density at radius 3 is 1.94 bits per heavy atom. The molecule has 16 heavy (non-hydrogen) atoms. The van der Waals surface area contributed by atoms with Crippen molar-refractivity contribution in [1.29, 1.82) is 0 Å². The normalized spacial score (nSPS) is 16.6. The zero-order valence-corrected chi connectivity index (χ0v) is 9.48. The first kappa shape index (κ1) is 12.7. The van der Waals surface area contributed by atoms with Crippen LogP contribution in [0.5, 0.6) is 0 Å². The summed E-state index contributed by atoms with van der Waals surface area (Å²) in [6, 6.07) is 4.65. The smallest absolute Gasteiger partial charge is 0.335 e. The Kier molecular flexibility index (Phi) is 6.23. The van der Waals surface area contributed by atoms with E-state index in [1.807, 2.05) is 0 Å². The second kappa shape index (κ2) is 7.85. The average Bonchev–Trinajstić information content (AvgIpc) is 2.26. The summed E-state index contributed by atoms with van der Waals surface area (Å²) < 4.78 is 4.37. The maximum atomic E-state index is 10.8. The van der Waals surface area contributed by atoms with Crippen LogP contribution in [0, 0.1) is 0 Å². The van der Waals surface area contributed by atoms with E-state index >= 15 is 0 Å². The second-order valence-electron chi connectivity index (χ2n) is 3.93. The van der Waals surface area contributed by atoms with E-state index in [0.717, 1.165) is 25.7 Å². The summed E-state index contributed by atoms with van der Waals surface area (Å²) in [5.74, 6) is 0.481. The van der Waals surface area contributed by atoms with Gasteiger partial charge in [0.05, 0.1) is 6.26 Å². The average molecular weight is 222 g/mol. The van der Waals surface area contributed by atoms with E-state index in [2.05, 4.69) is 4.42 Å². The highest BCUT2D eigenvalue weighted by Gasteiger charge is 2.04. The number of rotatable bonds is 0. The molecule has 1 aromatic rings. The van der Waals surface area contributed by atoms with Gasteiger partial charge in [0.1, 0.15) is 5.78 Å². The zero-order valence-electron chi connectivity index (χ0n) is 9.48. The van der Waals surface area contributed by atoms with Crippen molar-refractivity contribution in [2.45, 2.75) is 44.9 Å². The van der Waals surface area contributed by atoms with Crippen LogP contribution in [-0.2, 0) is 4.79 Å². The molecule has 1 heterocycles. The van der Waals surface area contributed by atoms with Crippen molar-refractivity contribution in [2.75, 3.05) is 0 Å². The van der Waals surface area contributed by atoms with Gasteiger partial charge < -0.3 is 4.42 Å². The molecule has 0 unspecified atom stereocenters. The fourth-order valence-electron chi connectivity index (χ4n) is 1.62. The molecule has 1 aliphatic carbocycles. The van der Waals surface area contributed by atoms with E-state index in [1.165, 1.54) is 31.6 Å². The summed E-state index contributed by atoms with van der Waals surface area (Å²) in [6.45, 7) is 0. The van der Waals surface area contributed by atoms with E-state index in [-0.39, 0.29) is 5.63 Å². The van der Waals surface area contributed by atoms with Crippen molar-refractivity contribution >= 4 is 5.78 Å². The number of hydrogen-bond donors (Lipinski definition) is 0. The molecule has 0 atom stereocenters. The number of hydrogen-bond acceptors (Lipinski definition) is 3. The molecule has 1 aliphatic rings. The van der Waals surface area contributed by atoms with Crippen molar-refractivity contribution < 1.29 is 9.21 Å². The molecule has 0 spiro atoms. The van der Waals surface area contributed by atoms with Gasteiger partial charge in [0.2, 0.25) is 0 Å². The van der Waals surface area contributed by atoms with E-state index in [1.54, 1.807) is 12.1 Å². The Morgan fingerprint density at radius 1 is 0.875 bits per heavy atom. The topological polar surface area (TPSA) is 47.3 Å². The molecule has 0 saturated heterocycles. The van der Waals surface area contributed by atoms with E-state index in [4.69, 9.17) is 0 Å². The highest BCUT2D eigenvalue weighted by atomic mass is 16.4. The van der Waals surface area contributed by atoms with Gasteiger partial charge in [-0.3, -0.25) is 4.79 Å². The number of carbonyl (C=O) groups excluding carboxylic acids is 1. The molecule has 1 fully saturated rings. The zero-order chi connectivity index (χ0) is 11.6. The highest BCUT2D eigenvalue weighted by Crippen LogP contribution is 2.13. The molecule has 0 aromatic carbocycles. The largest absolute Gasteiger partial charge is 0.431 e. The number of ketones is 1. The SMILES string of the molecule is O=C1CCCCCCC1.O=c1cccco1. The van der Waals surface area contributed by atoms with Gasteiger partial charge in [0, 0.05) is 18.9 Å². The quantitative estimate of drug-likeness (QED) is 0.678. The highest BCUT2D eigenvalue weighted by molar-refractivity contribution is 5.78. The van der Waals surface area contributed by atoms with Gasteiger partial charge in [-0.2, -0.15) is 0 Å². The first-order valence-corrected chi connectivity index (χ1v) is 5.84. The maximum absolute atomic E-state index is 10.8. The lowest BCUT2D eigenvalue weighted by Gasteiger charge is -2.05. The Labute approximate surface area is 95.5 Å². The predicted molar refractivity (Wildman–Crippen MR) is 62.3 cm³/mol. The minimum Gasteiger partial charge on any atom is -0.431 e. The van der Waals surface area contributed by atoms with Gasteiger partial charge in [-0.15, -0.1) is 0 Å². The van der Waals surface area contributed by atoms with Crippen molar-refractivity contribution in [1.82, 2.24) is 0 Å². The molecule has 1 saturated carbocycles. The monoisotopic (exact) mass is 222 g/mol. The molecular formula is C13H18O3. The summed E-state index contributed by atoms with van der Waals surface area (Å²) >= 11 is 0. The van der Waals surface area contributed by atoms with Crippen LogP contribution in [-0.4, -0.2) is 5.78 Å². The molecule has 1 aromatic heterocycles. The fourth-order valence-corrected chi connectivity index (χ4v) is 1.62. The third kappa shape index (κ3) is 6.17. The summed E-state index contributed by atoms with van der Waals surface area (Å²) in [6.07, 6.45) is 9.20. The van der Waals surface area contributed by atoms with Crippen LogP contribution >= 0.6 is 0 Å². The predicted octanol–water partition coefficient (Wildman–Crippen LogP) is 2.94. The third-order valence-corrected chi connectivity index (χ3v) is 2.52. The Morgan fingerprint density at radius 2 is 1.50 bits per heavy atom. The fraction of sp³-hybridized carbons (Fsp3) is 0.538. The van der Waals surface area contributed by atoms with Crippen LogP contribution in [0.25, 0.3) is 0 Å². The molecule has 88 valence electrons. The van der Waals surface area contributed by atoms with Crippen molar-refractivity contribution in [3.8, 4) is 0 Å². The van der Waals surface area contributed by atoms with E-state index in [0.29, 0.717) is 5.78 Å². The first-order valence-electron chi connectivity index (χ1n) is 5.84. The molecule has 3 heteroatoms. The van der Waals surface area contributed by atoms with Crippen LogP contribution in [0.2, 0.25) is 0 Å². The number of carbonyl (C=O) groups is 1. The summed E-state index contributed by atoms with van der Waals surface area (Å²) in [4.78, 5) is 20.9. The van der Waals surface area contributed by atoms with Crippen LogP contribution < -0.4 is 5.63 Å². The summed E-state index contributed by atoms with van der Waals surface area (Å²) in [7, 11) is 0. The molecule has 3 nitrogen and oxygen atoms in total. The molecule has 0 bridgehead atoms. The van der Waals surface area contributed by atoms with Crippen molar-refractivity contribution in [3.05, 3.63) is 34.9 Å². The van der Waals surface area contributed by atoms with Crippen molar-refractivity contribution in [3.63, 3.8) is 0 Å². The van der Waals surface area contributed by atoms with Crippen LogP contribution in [0.15, 0.2) is 33.7 Å². The molecule has 0 amide bonds. The van der Waals surface area contributed by atoms with Crippen LogP contribution in [0.4, 0.5) is 0 Å². The number of Topliss-reactive ketones (excluding diaryl/α,β-unsaturated/α-hetero) is 1. The standard InChI is InChI=1S/C8H14O.C5H4O2/c9-8-6-4-2-1-3-5-7-8;6-5-3-1-2-4-7-5/h1-7H2;1-4H. The Bertz CT molecular complexity index is 327. The molecule has 0 N–H and O–H groups in total. The van der Waals surface area contributed by atoms with Crippen molar-refractivity contribution in [2.24, 2.45) is 0 Å². The molecule has 2 rings (SSSR count). The van der Waals surface area contributed by atoms with Crippen LogP contribution in [0.3, 0.4) is 0 Å². The summed E-state index contributed by atoms with van der Waals surface area (Å²) in [5, 5.41) is 0. The minimum atomic E-state index is -0.303. The first-order chi connectivity index (χ1) is 7.79. The van der Waals surface area contributed by atoms with Gasteiger partial charge in [0.15, 0.2) is 0 Å². The second-order valence-corrected chi connectivity index (χ2v) is 3.93. The van der Waals surface area contributed by atoms with Gasteiger partial charge >= 0.3 is 5.63 Å². The third-order valence-electron chi connectivity index (χ3n) is 2.52. The van der Waals surface area contributed by atoms with Gasteiger partial charge in [0.25, 0.3) is 0 Å². The lowest BCUT2D eigenvalue weighted by molar-refractivity contribution is -0.119.